The van der Waals surface area contributed by atoms with E-state index < -0.39 is 0 Å². The number of carbonyl (C=O) groups is 1. The molecule has 2 atom stereocenters. The van der Waals surface area contributed by atoms with Crippen LogP contribution in [0.4, 0.5) is 4.39 Å². The van der Waals surface area contributed by atoms with Gasteiger partial charge in [0.2, 0.25) is 5.91 Å². The Labute approximate surface area is 204 Å². The van der Waals surface area contributed by atoms with E-state index in [9.17, 15) is 9.18 Å². The Balaban J connectivity index is 1.53. The highest BCUT2D eigenvalue weighted by Crippen LogP contribution is 2.36. The monoisotopic (exact) mass is 491 g/mol. The van der Waals surface area contributed by atoms with Crippen LogP contribution in [0.3, 0.4) is 0 Å². The fourth-order valence-electron chi connectivity index (χ4n) is 4.59. The van der Waals surface area contributed by atoms with Gasteiger partial charge in [-0.1, -0.05) is 17.7 Å². The van der Waals surface area contributed by atoms with Crippen molar-refractivity contribution in [2.45, 2.75) is 35.6 Å². The lowest BCUT2D eigenvalue weighted by Crippen LogP contribution is -2.46. The number of carbonyl (C=O) groups excluding carboxylic acids is 1. The number of methoxy groups -OCH3 is 1. The Morgan fingerprint density at radius 1 is 1.15 bits per heavy atom. The smallest absolute Gasteiger partial charge is 0.240 e. The number of hydrogen-bond acceptors (Lipinski definition) is 5. The van der Waals surface area contributed by atoms with Crippen molar-refractivity contribution in [2.24, 2.45) is 0 Å². The number of likely N-dealkylation sites (N-methyl/N-ethyl adjacent to an activating group) is 1. The Hall–Kier alpha value is -1.80. The number of amides is 1. The van der Waals surface area contributed by atoms with Gasteiger partial charge in [-0.15, -0.1) is 11.8 Å². The van der Waals surface area contributed by atoms with Crippen LogP contribution in [0.2, 0.25) is 5.02 Å². The third kappa shape index (κ3) is 6.01. The number of hydrogen-bond donors (Lipinski definition) is 0. The minimum atomic E-state index is -0.323. The maximum Gasteiger partial charge on any atom is 0.240 e. The van der Waals surface area contributed by atoms with Gasteiger partial charge in [0.25, 0.3) is 0 Å². The summed E-state index contributed by atoms with van der Waals surface area (Å²) in [6.45, 7) is 4.40. The van der Waals surface area contributed by atoms with E-state index in [0.29, 0.717) is 23.7 Å². The van der Waals surface area contributed by atoms with Crippen LogP contribution in [0.25, 0.3) is 0 Å². The molecule has 0 aromatic heterocycles. The van der Waals surface area contributed by atoms with E-state index in [0.717, 1.165) is 49.7 Å². The number of benzene rings is 2. The lowest BCUT2D eigenvalue weighted by Gasteiger charge is -2.29. The summed E-state index contributed by atoms with van der Waals surface area (Å²) in [6.07, 6.45) is 1.70. The molecule has 178 valence electrons. The van der Waals surface area contributed by atoms with E-state index in [2.05, 4.69) is 16.8 Å². The third-order valence-electron chi connectivity index (χ3n) is 6.47. The van der Waals surface area contributed by atoms with Crippen LogP contribution in [0.5, 0.6) is 5.75 Å². The van der Waals surface area contributed by atoms with Crippen LogP contribution in [0.1, 0.15) is 18.4 Å². The molecule has 0 unspecified atom stereocenters. The predicted molar refractivity (Wildman–Crippen MR) is 132 cm³/mol. The van der Waals surface area contributed by atoms with Crippen molar-refractivity contribution in [1.82, 2.24) is 14.7 Å². The molecule has 2 fully saturated rings. The van der Waals surface area contributed by atoms with Gasteiger partial charge in [0.15, 0.2) is 0 Å². The zero-order valence-corrected chi connectivity index (χ0v) is 20.7. The molecule has 2 saturated heterocycles. The number of likely N-dealkylation sites (tertiary alicyclic amines) is 1. The van der Waals surface area contributed by atoms with Gasteiger partial charge in [-0.3, -0.25) is 9.69 Å². The number of ether oxygens (including phenoxy) is 1. The van der Waals surface area contributed by atoms with Crippen LogP contribution in [0, 0.1) is 5.82 Å². The predicted octanol–water partition coefficient (Wildman–Crippen LogP) is 4.39. The molecule has 0 bridgehead atoms. The van der Waals surface area contributed by atoms with Gasteiger partial charge < -0.3 is 14.5 Å². The van der Waals surface area contributed by atoms with Crippen LogP contribution in [0.15, 0.2) is 47.4 Å². The van der Waals surface area contributed by atoms with Gasteiger partial charge in [0.1, 0.15) is 11.6 Å². The topological polar surface area (TPSA) is 36.0 Å². The molecule has 5 nitrogen and oxygen atoms in total. The van der Waals surface area contributed by atoms with Gasteiger partial charge in [-0.2, -0.15) is 0 Å². The molecule has 0 N–H and O–H groups in total. The lowest BCUT2D eigenvalue weighted by molar-refractivity contribution is -0.136. The quantitative estimate of drug-likeness (QED) is 0.599. The molecule has 0 spiro atoms. The fraction of sp³-hybridized carbons (Fsp3) is 0.480. The van der Waals surface area contributed by atoms with Gasteiger partial charge >= 0.3 is 0 Å². The summed E-state index contributed by atoms with van der Waals surface area (Å²) >= 11 is 8.09. The number of rotatable bonds is 6. The molecule has 2 heterocycles. The summed E-state index contributed by atoms with van der Waals surface area (Å²) in [6, 6.07) is 12.5. The molecule has 2 aliphatic heterocycles. The van der Waals surface area contributed by atoms with Crippen molar-refractivity contribution in [2.75, 3.05) is 46.9 Å². The number of thioether (sulfide) groups is 1. The number of nitrogens with zero attached hydrogens (tertiary/aromatic N) is 3. The molecule has 8 heteroatoms. The first-order valence-corrected chi connectivity index (χ1v) is 12.7. The molecule has 2 aromatic carbocycles. The normalized spacial score (nSPS) is 22.4. The van der Waals surface area contributed by atoms with E-state index in [-0.39, 0.29) is 23.0 Å². The van der Waals surface area contributed by atoms with Crippen LogP contribution < -0.4 is 4.74 Å². The fourth-order valence-corrected chi connectivity index (χ4v) is 6.03. The van der Waals surface area contributed by atoms with Crippen LogP contribution >= 0.6 is 23.4 Å². The molecule has 2 aromatic rings. The van der Waals surface area contributed by atoms with Crippen LogP contribution in [-0.2, 0) is 11.3 Å². The second-order valence-corrected chi connectivity index (χ2v) is 10.6. The Morgan fingerprint density at radius 2 is 1.94 bits per heavy atom. The zero-order chi connectivity index (χ0) is 23.4. The van der Waals surface area contributed by atoms with Gasteiger partial charge in [-0.25, -0.2) is 4.39 Å². The van der Waals surface area contributed by atoms with Gasteiger partial charge in [-0.05, 0) is 62.8 Å². The second-order valence-electron chi connectivity index (χ2n) is 8.78. The molecule has 0 radical (unpaired) electrons. The molecule has 2 aliphatic rings. The van der Waals surface area contributed by atoms with E-state index in [4.69, 9.17) is 16.3 Å². The van der Waals surface area contributed by atoms with Gasteiger partial charge in [0.05, 0.1) is 13.2 Å². The van der Waals surface area contributed by atoms with E-state index in [1.165, 1.54) is 6.07 Å². The van der Waals surface area contributed by atoms with E-state index >= 15 is 0 Å². The lowest BCUT2D eigenvalue weighted by atomic mass is 10.1. The third-order valence-corrected chi connectivity index (χ3v) is 8.04. The first kappa shape index (κ1) is 24.3. The molecular formula is C25H31ClFN3O2S. The van der Waals surface area contributed by atoms with Crippen molar-refractivity contribution in [3.63, 3.8) is 0 Å². The number of halogens is 2. The first-order chi connectivity index (χ1) is 15.9. The minimum absolute atomic E-state index is 0.149. The van der Waals surface area contributed by atoms with Crippen molar-refractivity contribution in [3.8, 4) is 5.75 Å². The van der Waals surface area contributed by atoms with E-state index in [1.54, 1.807) is 31.0 Å². The van der Waals surface area contributed by atoms with Gasteiger partial charge in [0, 0.05) is 53.5 Å². The standard InChI is InChI=1S/C25H31ClFN3O2S/c1-28-11-4-12-29(14-13-28)25(31)24-15-20(33-19-9-7-18(32-2)8-10-19)16-30(24)17-21-22(26)5-3-6-23(21)27/h3,5-10,20,24H,4,11-17H2,1-2H3/t20-,24+/m1/s1. The first-order valence-electron chi connectivity index (χ1n) is 11.4. The average molecular weight is 492 g/mol. The molecule has 0 aliphatic carbocycles. The highest BCUT2D eigenvalue weighted by molar-refractivity contribution is 8.00. The largest absolute Gasteiger partial charge is 0.497 e. The summed E-state index contributed by atoms with van der Waals surface area (Å²) in [5.41, 5.74) is 0.461. The summed E-state index contributed by atoms with van der Waals surface area (Å²) in [5.74, 6) is 0.646. The summed E-state index contributed by atoms with van der Waals surface area (Å²) < 4.78 is 19.8. The Kier molecular flexibility index (Phi) is 8.17. The SMILES string of the molecule is COc1ccc(S[C@@H]2C[C@@H](C(=O)N3CCCN(C)CC3)N(Cc3c(F)cccc3Cl)C2)cc1. The molecule has 1 amide bonds. The maximum absolute atomic E-state index is 14.6. The average Bonchev–Trinajstić information content (AvgIpc) is 3.07. The highest BCUT2D eigenvalue weighted by Gasteiger charge is 2.40. The van der Waals surface area contributed by atoms with Crippen LogP contribution in [-0.4, -0.2) is 78.8 Å². The second kappa shape index (κ2) is 11.1. The Bertz CT molecular complexity index is 941. The highest BCUT2D eigenvalue weighted by atomic mass is 35.5. The summed E-state index contributed by atoms with van der Waals surface area (Å²) in [4.78, 5) is 21.1. The summed E-state index contributed by atoms with van der Waals surface area (Å²) in [5, 5.41) is 0.636. The van der Waals surface area contributed by atoms with E-state index in [1.807, 2.05) is 29.2 Å². The van der Waals surface area contributed by atoms with Crippen molar-refractivity contribution >= 4 is 29.3 Å². The minimum Gasteiger partial charge on any atom is -0.497 e. The Morgan fingerprint density at radius 3 is 2.67 bits per heavy atom. The molecule has 4 rings (SSSR count). The van der Waals surface area contributed by atoms with Crippen molar-refractivity contribution in [1.29, 1.82) is 0 Å². The summed E-state index contributed by atoms with van der Waals surface area (Å²) in [7, 11) is 3.75. The molecule has 33 heavy (non-hydrogen) atoms. The van der Waals surface area contributed by atoms with Crippen molar-refractivity contribution in [3.05, 3.63) is 58.9 Å². The molecular weight excluding hydrogens is 461 g/mol. The molecule has 0 saturated carbocycles. The maximum atomic E-state index is 14.6. The van der Waals surface area contributed by atoms with Crippen molar-refractivity contribution < 1.29 is 13.9 Å². The zero-order valence-electron chi connectivity index (χ0n) is 19.2.